The molecule has 2 heterocycles. The van der Waals surface area contributed by atoms with E-state index in [4.69, 9.17) is 0 Å². The molecule has 1 aliphatic heterocycles. The van der Waals surface area contributed by atoms with E-state index in [0.29, 0.717) is 6.04 Å². The van der Waals surface area contributed by atoms with Crippen LogP contribution in [0.2, 0.25) is 0 Å². The number of aryl methyl sites for hydroxylation is 1. The van der Waals surface area contributed by atoms with Crippen molar-refractivity contribution in [2.45, 2.75) is 25.8 Å². The SMILES string of the molecule is Cc1ccc2ncnc(N3CCCC3c3ccccc3)c2c1. The average molecular weight is 289 g/mol. The maximum atomic E-state index is 4.62. The van der Waals surface area contributed by atoms with Crippen molar-refractivity contribution < 1.29 is 0 Å². The molecule has 0 N–H and O–H groups in total. The van der Waals surface area contributed by atoms with Crippen molar-refractivity contribution in [2.75, 3.05) is 11.4 Å². The highest BCUT2D eigenvalue weighted by molar-refractivity contribution is 5.90. The van der Waals surface area contributed by atoms with Gasteiger partial charge in [0.1, 0.15) is 12.1 Å². The summed E-state index contributed by atoms with van der Waals surface area (Å²) in [4.78, 5) is 11.5. The average Bonchev–Trinajstić information content (AvgIpc) is 3.04. The molecule has 0 aliphatic carbocycles. The zero-order chi connectivity index (χ0) is 14.9. The van der Waals surface area contributed by atoms with Gasteiger partial charge in [0.25, 0.3) is 0 Å². The van der Waals surface area contributed by atoms with Crippen LogP contribution in [-0.4, -0.2) is 16.5 Å². The zero-order valence-electron chi connectivity index (χ0n) is 12.7. The predicted octanol–water partition coefficient (Wildman–Crippen LogP) is 4.28. The van der Waals surface area contributed by atoms with Gasteiger partial charge in [-0.1, -0.05) is 42.0 Å². The minimum atomic E-state index is 0.416. The Bertz CT molecular complexity index is 798. The van der Waals surface area contributed by atoms with Gasteiger partial charge in [0, 0.05) is 11.9 Å². The summed E-state index contributed by atoms with van der Waals surface area (Å²) < 4.78 is 0. The summed E-state index contributed by atoms with van der Waals surface area (Å²) in [6.07, 6.45) is 4.07. The molecule has 0 spiro atoms. The number of hydrogen-bond acceptors (Lipinski definition) is 3. The lowest BCUT2D eigenvalue weighted by Gasteiger charge is -2.27. The predicted molar refractivity (Wildman–Crippen MR) is 90.0 cm³/mol. The van der Waals surface area contributed by atoms with E-state index < -0.39 is 0 Å². The Morgan fingerprint density at radius 3 is 2.77 bits per heavy atom. The molecule has 3 nitrogen and oxygen atoms in total. The van der Waals surface area contributed by atoms with E-state index in [-0.39, 0.29) is 0 Å². The van der Waals surface area contributed by atoms with Gasteiger partial charge in [-0.2, -0.15) is 0 Å². The fourth-order valence-corrected chi connectivity index (χ4v) is 3.43. The molecule has 1 fully saturated rings. The molecule has 22 heavy (non-hydrogen) atoms. The van der Waals surface area contributed by atoms with Crippen molar-refractivity contribution in [3.05, 3.63) is 66.0 Å². The maximum Gasteiger partial charge on any atom is 0.140 e. The second kappa shape index (κ2) is 5.41. The van der Waals surface area contributed by atoms with Crippen LogP contribution in [0.5, 0.6) is 0 Å². The van der Waals surface area contributed by atoms with Crippen molar-refractivity contribution in [1.29, 1.82) is 0 Å². The Balaban J connectivity index is 1.82. The number of fused-ring (bicyclic) bond motifs is 1. The summed E-state index contributed by atoms with van der Waals surface area (Å²) in [7, 11) is 0. The fourth-order valence-electron chi connectivity index (χ4n) is 3.43. The lowest BCUT2D eigenvalue weighted by Crippen LogP contribution is -2.23. The van der Waals surface area contributed by atoms with Gasteiger partial charge in [-0.25, -0.2) is 9.97 Å². The molecular formula is C19H19N3. The molecule has 2 aromatic carbocycles. The number of benzene rings is 2. The summed E-state index contributed by atoms with van der Waals surface area (Å²) in [6.45, 7) is 3.18. The Labute approximate surface area is 130 Å². The van der Waals surface area contributed by atoms with Crippen LogP contribution < -0.4 is 4.90 Å². The smallest absolute Gasteiger partial charge is 0.140 e. The van der Waals surface area contributed by atoms with E-state index >= 15 is 0 Å². The highest BCUT2D eigenvalue weighted by Crippen LogP contribution is 2.37. The second-order valence-corrected chi connectivity index (χ2v) is 5.98. The van der Waals surface area contributed by atoms with Crippen LogP contribution in [0.15, 0.2) is 54.9 Å². The Morgan fingerprint density at radius 1 is 1.05 bits per heavy atom. The largest absolute Gasteiger partial charge is 0.349 e. The number of aromatic nitrogens is 2. The molecule has 1 atom stereocenters. The van der Waals surface area contributed by atoms with Crippen LogP contribution in [0.4, 0.5) is 5.82 Å². The van der Waals surface area contributed by atoms with E-state index in [1.807, 2.05) is 0 Å². The minimum absolute atomic E-state index is 0.416. The first-order valence-electron chi connectivity index (χ1n) is 7.86. The highest BCUT2D eigenvalue weighted by atomic mass is 15.2. The van der Waals surface area contributed by atoms with Crippen LogP contribution in [0.25, 0.3) is 10.9 Å². The van der Waals surface area contributed by atoms with Gasteiger partial charge in [0.15, 0.2) is 0 Å². The van der Waals surface area contributed by atoms with E-state index in [0.717, 1.165) is 23.3 Å². The molecule has 1 unspecified atom stereocenters. The number of anilines is 1. The molecule has 1 aliphatic rings. The van der Waals surface area contributed by atoms with Gasteiger partial charge in [-0.3, -0.25) is 0 Å². The number of rotatable bonds is 2. The third-order valence-electron chi connectivity index (χ3n) is 4.48. The van der Waals surface area contributed by atoms with Crippen molar-refractivity contribution in [2.24, 2.45) is 0 Å². The first-order valence-corrected chi connectivity index (χ1v) is 7.86. The fraction of sp³-hybridized carbons (Fsp3) is 0.263. The second-order valence-electron chi connectivity index (χ2n) is 5.98. The number of nitrogens with zero attached hydrogens (tertiary/aromatic N) is 3. The van der Waals surface area contributed by atoms with Crippen LogP contribution >= 0.6 is 0 Å². The van der Waals surface area contributed by atoms with Crippen LogP contribution in [0.1, 0.15) is 30.0 Å². The summed E-state index contributed by atoms with van der Waals surface area (Å²) in [5, 5.41) is 1.16. The van der Waals surface area contributed by atoms with E-state index in [1.165, 1.54) is 24.0 Å². The third-order valence-corrected chi connectivity index (χ3v) is 4.48. The first kappa shape index (κ1) is 13.3. The molecule has 3 heteroatoms. The molecule has 0 radical (unpaired) electrons. The highest BCUT2D eigenvalue weighted by Gasteiger charge is 2.28. The van der Waals surface area contributed by atoms with Gasteiger partial charge >= 0.3 is 0 Å². The summed E-state index contributed by atoms with van der Waals surface area (Å²) >= 11 is 0. The standard InChI is InChI=1S/C19H19N3/c1-14-9-10-17-16(12-14)19(21-13-20-17)22-11-5-8-18(22)15-6-3-2-4-7-15/h2-4,6-7,9-10,12-13,18H,5,8,11H2,1H3. The van der Waals surface area contributed by atoms with Gasteiger partial charge < -0.3 is 4.90 Å². The first-order chi connectivity index (χ1) is 10.8. The van der Waals surface area contributed by atoms with Gasteiger partial charge in [-0.15, -0.1) is 0 Å². The molecular weight excluding hydrogens is 270 g/mol. The van der Waals surface area contributed by atoms with Crippen LogP contribution in [0.3, 0.4) is 0 Å². The molecule has 0 saturated carbocycles. The van der Waals surface area contributed by atoms with E-state index in [1.54, 1.807) is 6.33 Å². The molecule has 0 bridgehead atoms. The van der Waals surface area contributed by atoms with Gasteiger partial charge in [0.05, 0.1) is 11.6 Å². The molecule has 1 aromatic heterocycles. The normalized spacial score (nSPS) is 18.0. The Kier molecular flexibility index (Phi) is 3.26. The monoisotopic (exact) mass is 289 g/mol. The molecule has 0 amide bonds. The number of hydrogen-bond donors (Lipinski definition) is 0. The summed E-state index contributed by atoms with van der Waals surface area (Å²) in [5.41, 5.74) is 3.65. The molecule has 1 saturated heterocycles. The maximum absolute atomic E-state index is 4.62. The summed E-state index contributed by atoms with van der Waals surface area (Å²) in [6, 6.07) is 17.6. The van der Waals surface area contributed by atoms with E-state index in [2.05, 4.69) is 70.3 Å². The van der Waals surface area contributed by atoms with Crippen molar-refractivity contribution in [1.82, 2.24) is 9.97 Å². The van der Waals surface area contributed by atoms with Gasteiger partial charge in [0.2, 0.25) is 0 Å². The minimum Gasteiger partial charge on any atom is -0.349 e. The lowest BCUT2D eigenvalue weighted by atomic mass is 10.0. The Morgan fingerprint density at radius 2 is 1.91 bits per heavy atom. The molecule has 4 rings (SSSR count). The molecule has 110 valence electrons. The lowest BCUT2D eigenvalue weighted by molar-refractivity contribution is 0.713. The van der Waals surface area contributed by atoms with Crippen molar-refractivity contribution in [3.63, 3.8) is 0 Å². The van der Waals surface area contributed by atoms with Crippen molar-refractivity contribution >= 4 is 16.7 Å². The van der Waals surface area contributed by atoms with Gasteiger partial charge in [-0.05, 0) is 37.5 Å². The van der Waals surface area contributed by atoms with Crippen molar-refractivity contribution in [3.8, 4) is 0 Å². The van der Waals surface area contributed by atoms with Crippen LogP contribution in [-0.2, 0) is 0 Å². The quantitative estimate of drug-likeness (QED) is 0.705. The van der Waals surface area contributed by atoms with E-state index in [9.17, 15) is 0 Å². The van der Waals surface area contributed by atoms with Crippen LogP contribution in [0, 0.1) is 6.92 Å². The Hall–Kier alpha value is -2.42. The molecule has 3 aromatic rings. The summed E-state index contributed by atoms with van der Waals surface area (Å²) in [5.74, 6) is 1.07. The third kappa shape index (κ3) is 2.23. The topological polar surface area (TPSA) is 29.0 Å². The zero-order valence-corrected chi connectivity index (χ0v) is 12.7.